The van der Waals surface area contributed by atoms with E-state index in [1.807, 2.05) is 61.2 Å². The highest BCUT2D eigenvalue weighted by atomic mass is 35.5. The van der Waals surface area contributed by atoms with Gasteiger partial charge in [-0.05, 0) is 43.2 Å². The quantitative estimate of drug-likeness (QED) is 0.733. The first-order valence-corrected chi connectivity index (χ1v) is 9.83. The van der Waals surface area contributed by atoms with Crippen LogP contribution in [0.1, 0.15) is 25.0 Å². The molecule has 0 aromatic heterocycles. The van der Waals surface area contributed by atoms with Crippen molar-refractivity contribution in [2.24, 2.45) is 0 Å². The molecular weight excluding hydrogens is 372 g/mol. The van der Waals surface area contributed by atoms with E-state index in [2.05, 4.69) is 0 Å². The lowest BCUT2D eigenvalue weighted by atomic mass is 9.83. The Kier molecular flexibility index (Phi) is 6.20. The van der Waals surface area contributed by atoms with Crippen LogP contribution < -0.4 is 0 Å². The van der Waals surface area contributed by atoms with E-state index >= 15 is 0 Å². The summed E-state index contributed by atoms with van der Waals surface area (Å²) in [4.78, 5) is 29.1. The number of nitrogens with zero attached hydrogens (tertiary/aromatic N) is 2. The van der Waals surface area contributed by atoms with E-state index < -0.39 is 5.41 Å². The largest absolute Gasteiger partial charge is 0.338 e. The average molecular weight is 397 g/mol. The summed E-state index contributed by atoms with van der Waals surface area (Å²) in [6.45, 7) is 6.10. The Bertz CT molecular complexity index is 852. The fraction of sp³-hybridized carbons (Fsp3) is 0.304. The molecule has 0 N–H and O–H groups in total. The van der Waals surface area contributed by atoms with Crippen molar-refractivity contribution in [2.75, 3.05) is 26.2 Å². The molecule has 146 valence electrons. The second-order valence-electron chi connectivity index (χ2n) is 7.49. The van der Waals surface area contributed by atoms with Gasteiger partial charge in [0.25, 0.3) is 0 Å². The molecule has 0 bridgehead atoms. The number of hydrogen-bond donors (Lipinski definition) is 0. The van der Waals surface area contributed by atoms with Crippen LogP contribution in [0.2, 0.25) is 5.02 Å². The molecule has 2 aromatic rings. The summed E-state index contributed by atoms with van der Waals surface area (Å²) < 4.78 is 0. The Labute approximate surface area is 171 Å². The van der Waals surface area contributed by atoms with Gasteiger partial charge >= 0.3 is 0 Å². The number of halogens is 1. The van der Waals surface area contributed by atoms with Crippen LogP contribution >= 0.6 is 11.6 Å². The van der Waals surface area contributed by atoms with E-state index in [1.165, 1.54) is 0 Å². The highest BCUT2D eigenvalue weighted by Gasteiger charge is 2.35. The van der Waals surface area contributed by atoms with Gasteiger partial charge in [0, 0.05) is 37.3 Å². The molecule has 28 heavy (non-hydrogen) atoms. The third kappa shape index (κ3) is 4.63. The van der Waals surface area contributed by atoms with Crippen LogP contribution in [0.3, 0.4) is 0 Å². The maximum atomic E-state index is 13.0. The lowest BCUT2D eigenvalue weighted by Crippen LogP contribution is -2.54. The number of amides is 2. The van der Waals surface area contributed by atoms with Gasteiger partial charge in [0.15, 0.2) is 0 Å². The summed E-state index contributed by atoms with van der Waals surface area (Å²) >= 11 is 5.87. The second-order valence-corrected chi connectivity index (χ2v) is 7.93. The summed E-state index contributed by atoms with van der Waals surface area (Å²) in [5.74, 6) is 0.0619. The third-order valence-electron chi connectivity index (χ3n) is 5.20. The molecule has 0 aliphatic carbocycles. The zero-order chi connectivity index (χ0) is 20.1. The van der Waals surface area contributed by atoms with Gasteiger partial charge in [0.1, 0.15) is 0 Å². The molecule has 0 saturated carbocycles. The minimum absolute atomic E-state index is 0.0376. The third-order valence-corrected chi connectivity index (χ3v) is 5.45. The first-order chi connectivity index (χ1) is 13.4. The first kappa shape index (κ1) is 20.2. The van der Waals surface area contributed by atoms with Gasteiger partial charge in [-0.1, -0.05) is 54.1 Å². The van der Waals surface area contributed by atoms with Crippen LogP contribution in [0.25, 0.3) is 6.08 Å². The monoisotopic (exact) mass is 396 g/mol. The highest BCUT2D eigenvalue weighted by Crippen LogP contribution is 2.26. The molecule has 2 aromatic carbocycles. The highest BCUT2D eigenvalue weighted by molar-refractivity contribution is 6.30. The molecule has 1 fully saturated rings. The van der Waals surface area contributed by atoms with Gasteiger partial charge in [-0.2, -0.15) is 0 Å². The predicted octanol–water partition coefficient (Wildman–Crippen LogP) is 4.00. The molecule has 0 atom stereocenters. The van der Waals surface area contributed by atoms with Gasteiger partial charge in [-0.25, -0.2) is 0 Å². The number of carbonyl (C=O) groups excluding carboxylic acids is 2. The Morgan fingerprint density at radius 1 is 0.893 bits per heavy atom. The zero-order valence-corrected chi connectivity index (χ0v) is 17.0. The molecule has 0 spiro atoms. The van der Waals surface area contributed by atoms with E-state index in [-0.39, 0.29) is 11.8 Å². The normalized spacial score (nSPS) is 15.1. The van der Waals surface area contributed by atoms with Crippen molar-refractivity contribution in [1.29, 1.82) is 0 Å². The van der Waals surface area contributed by atoms with Gasteiger partial charge in [0.05, 0.1) is 5.41 Å². The van der Waals surface area contributed by atoms with Crippen molar-refractivity contribution in [3.8, 4) is 0 Å². The van der Waals surface area contributed by atoms with E-state index in [0.717, 1.165) is 11.1 Å². The fourth-order valence-corrected chi connectivity index (χ4v) is 3.48. The SMILES string of the molecule is CC(C)(C(=O)N1CCN(C(=O)C=Cc2ccc(Cl)cc2)CC1)c1ccccc1. The number of carbonyl (C=O) groups is 2. The van der Waals surface area contributed by atoms with Crippen molar-refractivity contribution >= 4 is 29.5 Å². The number of benzene rings is 2. The van der Waals surface area contributed by atoms with Crippen molar-refractivity contribution in [1.82, 2.24) is 9.80 Å². The standard InChI is InChI=1S/C23H25ClN2O2/c1-23(2,19-6-4-3-5-7-19)22(28)26-16-14-25(15-17-26)21(27)13-10-18-8-11-20(24)12-9-18/h3-13H,14-17H2,1-2H3. The predicted molar refractivity (Wildman–Crippen MR) is 113 cm³/mol. The van der Waals surface area contributed by atoms with Crippen LogP contribution in [0.15, 0.2) is 60.7 Å². The molecule has 1 saturated heterocycles. The van der Waals surface area contributed by atoms with Gasteiger partial charge in [-0.3, -0.25) is 9.59 Å². The van der Waals surface area contributed by atoms with Crippen molar-refractivity contribution < 1.29 is 9.59 Å². The molecule has 2 amide bonds. The second kappa shape index (κ2) is 8.61. The van der Waals surface area contributed by atoms with Gasteiger partial charge < -0.3 is 9.80 Å². The average Bonchev–Trinajstić information content (AvgIpc) is 2.73. The summed E-state index contributed by atoms with van der Waals surface area (Å²) in [6.07, 6.45) is 3.36. The Morgan fingerprint density at radius 2 is 1.46 bits per heavy atom. The molecular formula is C23H25ClN2O2. The number of piperazine rings is 1. The Hall–Kier alpha value is -2.59. The van der Waals surface area contributed by atoms with Crippen LogP contribution in [-0.4, -0.2) is 47.8 Å². The van der Waals surface area contributed by atoms with Gasteiger partial charge in [-0.15, -0.1) is 0 Å². The first-order valence-electron chi connectivity index (χ1n) is 9.45. The topological polar surface area (TPSA) is 40.6 Å². The lowest BCUT2D eigenvalue weighted by molar-refractivity contribution is -0.141. The van der Waals surface area contributed by atoms with Crippen LogP contribution in [-0.2, 0) is 15.0 Å². The van der Waals surface area contributed by atoms with Crippen molar-refractivity contribution in [3.63, 3.8) is 0 Å². The Balaban J connectivity index is 1.57. The van der Waals surface area contributed by atoms with E-state index in [9.17, 15) is 9.59 Å². The maximum Gasteiger partial charge on any atom is 0.246 e. The smallest absolute Gasteiger partial charge is 0.246 e. The van der Waals surface area contributed by atoms with Crippen LogP contribution in [0.5, 0.6) is 0 Å². The molecule has 0 unspecified atom stereocenters. The lowest BCUT2D eigenvalue weighted by Gasteiger charge is -2.38. The van der Waals surface area contributed by atoms with Gasteiger partial charge in [0.2, 0.25) is 11.8 Å². The zero-order valence-electron chi connectivity index (χ0n) is 16.3. The van der Waals surface area contributed by atoms with Crippen LogP contribution in [0, 0.1) is 0 Å². The molecule has 1 heterocycles. The molecule has 1 aliphatic heterocycles. The fourth-order valence-electron chi connectivity index (χ4n) is 3.35. The molecule has 5 heteroatoms. The van der Waals surface area contributed by atoms with E-state index in [0.29, 0.717) is 31.2 Å². The summed E-state index contributed by atoms with van der Waals surface area (Å²) in [7, 11) is 0. The molecule has 1 aliphatic rings. The number of rotatable bonds is 4. The Morgan fingerprint density at radius 3 is 2.07 bits per heavy atom. The summed E-state index contributed by atoms with van der Waals surface area (Å²) in [6, 6.07) is 17.2. The van der Waals surface area contributed by atoms with E-state index in [1.54, 1.807) is 29.2 Å². The summed E-state index contributed by atoms with van der Waals surface area (Å²) in [5.41, 5.74) is 1.35. The molecule has 0 radical (unpaired) electrons. The minimum atomic E-state index is -0.581. The van der Waals surface area contributed by atoms with Crippen molar-refractivity contribution in [3.05, 3.63) is 76.8 Å². The summed E-state index contributed by atoms with van der Waals surface area (Å²) in [5, 5.41) is 0.669. The minimum Gasteiger partial charge on any atom is -0.338 e. The van der Waals surface area contributed by atoms with Crippen molar-refractivity contribution in [2.45, 2.75) is 19.3 Å². The maximum absolute atomic E-state index is 13.0. The molecule has 3 rings (SSSR count). The van der Waals surface area contributed by atoms with Crippen LogP contribution in [0.4, 0.5) is 0 Å². The molecule has 4 nitrogen and oxygen atoms in total. The van der Waals surface area contributed by atoms with E-state index in [4.69, 9.17) is 11.6 Å². The number of hydrogen-bond acceptors (Lipinski definition) is 2.